The van der Waals surface area contributed by atoms with Crippen LogP contribution in [0.4, 0.5) is 0 Å². The number of carbonyl (C=O) groups is 1. The van der Waals surface area contributed by atoms with E-state index >= 15 is 0 Å². The molecule has 0 aliphatic heterocycles. The number of rotatable bonds is 5. The lowest BCUT2D eigenvalue weighted by Gasteiger charge is -2.11. The number of aryl methyl sites for hydroxylation is 2. The van der Waals surface area contributed by atoms with Gasteiger partial charge in [0.05, 0.1) is 6.04 Å². The van der Waals surface area contributed by atoms with Gasteiger partial charge < -0.3 is 10.3 Å². The molecule has 1 aromatic heterocycles. The first-order valence-electron chi connectivity index (χ1n) is 6.49. The number of amides is 1. The first kappa shape index (κ1) is 13.3. The third-order valence-electron chi connectivity index (χ3n) is 3.03. The monoisotopic (exact) mass is 257 g/mol. The van der Waals surface area contributed by atoms with Crippen LogP contribution in [0.1, 0.15) is 36.3 Å². The van der Waals surface area contributed by atoms with Gasteiger partial charge in [-0.25, -0.2) is 4.98 Å². The third kappa shape index (κ3) is 3.95. The van der Waals surface area contributed by atoms with Crippen molar-refractivity contribution >= 4 is 5.91 Å². The van der Waals surface area contributed by atoms with Crippen molar-refractivity contribution in [1.29, 1.82) is 0 Å². The Morgan fingerprint density at radius 1 is 1.47 bits per heavy atom. The minimum absolute atomic E-state index is 0.0467. The van der Waals surface area contributed by atoms with E-state index in [0.717, 1.165) is 12.2 Å². The number of imidazole rings is 1. The van der Waals surface area contributed by atoms with E-state index < -0.39 is 0 Å². The Hall–Kier alpha value is -2.10. The summed E-state index contributed by atoms with van der Waals surface area (Å²) in [5, 5.41) is 2.93. The topological polar surface area (TPSA) is 57.8 Å². The second-order valence-corrected chi connectivity index (χ2v) is 4.75. The Kier molecular flexibility index (Phi) is 4.34. The molecular formula is C15H19N3O. The van der Waals surface area contributed by atoms with Gasteiger partial charge in [0.1, 0.15) is 5.82 Å². The Morgan fingerprint density at radius 2 is 2.32 bits per heavy atom. The van der Waals surface area contributed by atoms with Crippen LogP contribution < -0.4 is 5.32 Å². The summed E-state index contributed by atoms with van der Waals surface area (Å²) in [6.07, 6.45) is 4.70. The highest BCUT2D eigenvalue weighted by molar-refractivity contribution is 5.76. The van der Waals surface area contributed by atoms with Gasteiger partial charge in [-0.3, -0.25) is 4.79 Å². The van der Waals surface area contributed by atoms with E-state index in [1.165, 1.54) is 11.1 Å². The Bertz CT molecular complexity index is 534. The summed E-state index contributed by atoms with van der Waals surface area (Å²) in [5.41, 5.74) is 2.42. The highest BCUT2D eigenvalue weighted by Gasteiger charge is 2.11. The molecular weight excluding hydrogens is 238 g/mol. The fourth-order valence-corrected chi connectivity index (χ4v) is 2.02. The number of benzene rings is 1. The van der Waals surface area contributed by atoms with E-state index in [-0.39, 0.29) is 11.9 Å². The fraction of sp³-hybridized carbons (Fsp3) is 0.333. The van der Waals surface area contributed by atoms with Crippen molar-refractivity contribution in [3.05, 3.63) is 53.6 Å². The number of hydrogen-bond acceptors (Lipinski definition) is 2. The average molecular weight is 257 g/mol. The van der Waals surface area contributed by atoms with Crippen molar-refractivity contribution in [2.75, 3.05) is 0 Å². The first-order chi connectivity index (χ1) is 9.15. The molecule has 0 aliphatic carbocycles. The molecule has 1 atom stereocenters. The number of aromatic nitrogens is 2. The van der Waals surface area contributed by atoms with Gasteiger partial charge in [0.15, 0.2) is 0 Å². The van der Waals surface area contributed by atoms with Crippen LogP contribution in [0.2, 0.25) is 0 Å². The summed E-state index contributed by atoms with van der Waals surface area (Å²) in [4.78, 5) is 19.0. The third-order valence-corrected chi connectivity index (χ3v) is 3.03. The SMILES string of the molecule is Cc1cccc(CCC(=O)NC(C)c2ncc[nH]2)c1. The maximum atomic E-state index is 11.9. The lowest BCUT2D eigenvalue weighted by Crippen LogP contribution is -2.27. The number of nitrogens with one attached hydrogen (secondary N) is 2. The van der Waals surface area contributed by atoms with E-state index in [1.807, 2.05) is 13.0 Å². The predicted octanol–water partition coefficient (Wildman–Crippen LogP) is 2.53. The summed E-state index contributed by atoms with van der Waals surface area (Å²) in [6.45, 7) is 3.98. The molecule has 0 saturated heterocycles. The summed E-state index contributed by atoms with van der Waals surface area (Å²) >= 11 is 0. The number of nitrogens with zero attached hydrogens (tertiary/aromatic N) is 1. The molecule has 100 valence electrons. The number of carbonyl (C=O) groups excluding carboxylic acids is 1. The summed E-state index contributed by atoms with van der Waals surface area (Å²) in [7, 11) is 0. The molecule has 1 heterocycles. The molecule has 1 amide bonds. The van der Waals surface area contributed by atoms with Crippen molar-refractivity contribution in [1.82, 2.24) is 15.3 Å². The van der Waals surface area contributed by atoms with Crippen LogP contribution >= 0.6 is 0 Å². The van der Waals surface area contributed by atoms with Gasteiger partial charge in [-0.15, -0.1) is 0 Å². The molecule has 4 heteroatoms. The summed E-state index contributed by atoms with van der Waals surface area (Å²) in [5.74, 6) is 0.828. The van der Waals surface area contributed by atoms with Crippen LogP contribution in [-0.2, 0) is 11.2 Å². The molecule has 2 N–H and O–H groups in total. The summed E-state index contributed by atoms with van der Waals surface area (Å²) in [6, 6.07) is 8.16. The minimum atomic E-state index is -0.0833. The zero-order valence-corrected chi connectivity index (χ0v) is 11.3. The molecule has 1 aromatic carbocycles. The van der Waals surface area contributed by atoms with Crippen LogP contribution in [0.15, 0.2) is 36.7 Å². The second-order valence-electron chi connectivity index (χ2n) is 4.75. The van der Waals surface area contributed by atoms with Gasteiger partial charge in [-0.1, -0.05) is 29.8 Å². The van der Waals surface area contributed by atoms with Crippen molar-refractivity contribution < 1.29 is 4.79 Å². The van der Waals surface area contributed by atoms with Crippen LogP contribution in [0.25, 0.3) is 0 Å². The standard InChI is InChI=1S/C15H19N3O/c1-11-4-3-5-13(10-11)6-7-14(19)18-12(2)15-16-8-9-17-15/h3-5,8-10,12H,6-7H2,1-2H3,(H,16,17)(H,18,19). The maximum absolute atomic E-state index is 11.9. The number of aromatic amines is 1. The molecule has 0 radical (unpaired) electrons. The van der Waals surface area contributed by atoms with Crippen molar-refractivity contribution in [3.8, 4) is 0 Å². The van der Waals surface area contributed by atoms with Gasteiger partial charge in [-0.05, 0) is 25.8 Å². The molecule has 0 spiro atoms. The molecule has 0 aliphatic rings. The molecule has 0 fully saturated rings. The predicted molar refractivity (Wildman–Crippen MR) is 74.6 cm³/mol. The molecule has 2 aromatic rings. The van der Waals surface area contributed by atoms with Crippen molar-refractivity contribution in [2.24, 2.45) is 0 Å². The Balaban J connectivity index is 1.82. The molecule has 19 heavy (non-hydrogen) atoms. The average Bonchev–Trinajstić information content (AvgIpc) is 2.90. The normalized spacial score (nSPS) is 12.1. The van der Waals surface area contributed by atoms with Crippen LogP contribution in [-0.4, -0.2) is 15.9 Å². The Labute approximate surface area is 113 Å². The zero-order valence-electron chi connectivity index (χ0n) is 11.3. The number of hydrogen-bond donors (Lipinski definition) is 2. The van der Waals surface area contributed by atoms with E-state index in [2.05, 4.69) is 40.4 Å². The zero-order chi connectivity index (χ0) is 13.7. The molecule has 2 rings (SSSR count). The molecule has 1 unspecified atom stereocenters. The van der Waals surface area contributed by atoms with Gasteiger partial charge in [-0.2, -0.15) is 0 Å². The lowest BCUT2D eigenvalue weighted by molar-refractivity contribution is -0.121. The smallest absolute Gasteiger partial charge is 0.220 e. The van der Waals surface area contributed by atoms with Gasteiger partial charge in [0.2, 0.25) is 5.91 Å². The van der Waals surface area contributed by atoms with E-state index in [1.54, 1.807) is 12.4 Å². The first-order valence-corrected chi connectivity index (χ1v) is 6.49. The van der Waals surface area contributed by atoms with Crippen molar-refractivity contribution in [2.45, 2.75) is 32.7 Å². The second kappa shape index (κ2) is 6.18. The summed E-state index contributed by atoms with van der Waals surface area (Å²) < 4.78 is 0. The maximum Gasteiger partial charge on any atom is 0.220 e. The van der Waals surface area contributed by atoms with E-state index in [4.69, 9.17) is 0 Å². The van der Waals surface area contributed by atoms with E-state index in [0.29, 0.717) is 6.42 Å². The van der Waals surface area contributed by atoms with Crippen LogP contribution in [0.3, 0.4) is 0 Å². The van der Waals surface area contributed by atoms with Gasteiger partial charge in [0.25, 0.3) is 0 Å². The quantitative estimate of drug-likeness (QED) is 0.864. The highest BCUT2D eigenvalue weighted by Crippen LogP contribution is 2.08. The minimum Gasteiger partial charge on any atom is -0.347 e. The largest absolute Gasteiger partial charge is 0.347 e. The van der Waals surface area contributed by atoms with Gasteiger partial charge >= 0.3 is 0 Å². The van der Waals surface area contributed by atoms with E-state index in [9.17, 15) is 4.79 Å². The van der Waals surface area contributed by atoms with Crippen molar-refractivity contribution in [3.63, 3.8) is 0 Å². The Morgan fingerprint density at radius 3 is 3.00 bits per heavy atom. The highest BCUT2D eigenvalue weighted by atomic mass is 16.1. The van der Waals surface area contributed by atoms with Crippen LogP contribution in [0.5, 0.6) is 0 Å². The fourth-order valence-electron chi connectivity index (χ4n) is 2.02. The molecule has 0 saturated carbocycles. The van der Waals surface area contributed by atoms with Crippen LogP contribution in [0, 0.1) is 6.92 Å². The molecule has 4 nitrogen and oxygen atoms in total. The molecule has 0 bridgehead atoms. The lowest BCUT2D eigenvalue weighted by atomic mass is 10.1. The number of H-pyrrole nitrogens is 1. The van der Waals surface area contributed by atoms with Gasteiger partial charge in [0, 0.05) is 18.8 Å².